The lowest BCUT2D eigenvalue weighted by Gasteiger charge is -2.36. The monoisotopic (exact) mass is 556 g/mol. The highest BCUT2D eigenvalue weighted by Crippen LogP contribution is 2.14. The Balaban J connectivity index is 0.00000450. The van der Waals surface area contributed by atoms with Crippen LogP contribution in [0.25, 0.3) is 0 Å². The van der Waals surface area contributed by atoms with Crippen LogP contribution < -0.4 is 5.32 Å². The molecule has 1 saturated heterocycles. The first-order valence-corrected chi connectivity index (χ1v) is 11.9. The molecular weight excluding hydrogens is 519 g/mol. The Kier molecular flexibility index (Phi) is 11.0. The van der Waals surface area contributed by atoms with Gasteiger partial charge in [-0.1, -0.05) is 0 Å². The number of nitrogens with one attached hydrogen (secondary N) is 1. The molecule has 1 aromatic rings. The largest absolute Gasteiger partial charge is 0.378 e. The summed E-state index contributed by atoms with van der Waals surface area (Å²) in [6.45, 7) is 13.6. The third-order valence-electron chi connectivity index (χ3n) is 5.10. The quantitative estimate of drug-likeness (QED) is 0.297. The SMILES string of the molecule is CCNC(=NCc1c(C)nn(C)c1C)N1CCN(S(=O)(=O)CCOC(C)C)CC1.I. The molecule has 9 nitrogen and oxygen atoms in total. The fraction of sp³-hybridized carbons (Fsp3) is 0.789. The van der Waals surface area contributed by atoms with Crippen molar-refractivity contribution in [3.63, 3.8) is 0 Å². The van der Waals surface area contributed by atoms with Crippen molar-refractivity contribution in [2.75, 3.05) is 45.1 Å². The average molecular weight is 557 g/mol. The predicted octanol–water partition coefficient (Wildman–Crippen LogP) is 1.49. The van der Waals surface area contributed by atoms with E-state index < -0.39 is 10.0 Å². The number of halogens is 1. The molecule has 0 spiro atoms. The van der Waals surface area contributed by atoms with E-state index in [-0.39, 0.29) is 42.4 Å². The molecule has 30 heavy (non-hydrogen) atoms. The number of aliphatic imine (C=N–C) groups is 1. The predicted molar refractivity (Wildman–Crippen MR) is 131 cm³/mol. The molecule has 0 radical (unpaired) electrons. The molecule has 1 aliphatic heterocycles. The van der Waals surface area contributed by atoms with Crippen LogP contribution in [0.1, 0.15) is 37.7 Å². The number of aryl methyl sites for hydroxylation is 2. The van der Waals surface area contributed by atoms with Gasteiger partial charge >= 0.3 is 0 Å². The second-order valence-corrected chi connectivity index (χ2v) is 9.65. The fourth-order valence-corrected chi connectivity index (χ4v) is 4.61. The van der Waals surface area contributed by atoms with Crippen LogP contribution in [0.2, 0.25) is 0 Å². The van der Waals surface area contributed by atoms with Crippen LogP contribution in [0.4, 0.5) is 0 Å². The molecule has 1 N–H and O–H groups in total. The molecule has 0 aliphatic carbocycles. The standard InChI is InChI=1S/C19H36N6O3S.HI/c1-7-20-19(21-14-18-16(4)22-23(6)17(18)5)24-8-10-25(11-9-24)29(26,27)13-12-28-15(2)3;/h15H,7-14H2,1-6H3,(H,20,21);1H. The minimum Gasteiger partial charge on any atom is -0.378 e. The van der Waals surface area contributed by atoms with Gasteiger partial charge in [0.25, 0.3) is 0 Å². The van der Waals surface area contributed by atoms with Gasteiger partial charge in [0.05, 0.1) is 30.7 Å². The van der Waals surface area contributed by atoms with E-state index in [1.54, 1.807) is 4.31 Å². The second-order valence-electron chi connectivity index (χ2n) is 7.56. The molecule has 0 atom stereocenters. The van der Waals surface area contributed by atoms with Crippen LogP contribution in [-0.2, 0) is 28.4 Å². The number of aromatic nitrogens is 2. The van der Waals surface area contributed by atoms with E-state index in [1.807, 2.05) is 46.3 Å². The van der Waals surface area contributed by atoms with Crippen molar-refractivity contribution >= 4 is 40.0 Å². The number of guanidine groups is 1. The Labute approximate surface area is 198 Å². The molecule has 1 fully saturated rings. The number of rotatable bonds is 8. The van der Waals surface area contributed by atoms with Gasteiger partial charge in [0.2, 0.25) is 10.0 Å². The number of ether oxygens (including phenoxy) is 1. The normalized spacial score (nSPS) is 16.1. The molecule has 0 bridgehead atoms. The summed E-state index contributed by atoms with van der Waals surface area (Å²) in [5.74, 6) is 0.842. The molecule has 0 saturated carbocycles. The lowest BCUT2D eigenvalue weighted by atomic mass is 10.2. The highest BCUT2D eigenvalue weighted by Gasteiger charge is 2.28. The summed E-state index contributed by atoms with van der Waals surface area (Å²) >= 11 is 0. The molecular formula is C19H37IN6O3S. The maximum Gasteiger partial charge on any atom is 0.216 e. The van der Waals surface area contributed by atoms with Crippen LogP contribution in [0.15, 0.2) is 4.99 Å². The third kappa shape index (κ3) is 7.34. The first-order chi connectivity index (χ1) is 13.7. The zero-order valence-corrected chi connectivity index (χ0v) is 22.2. The summed E-state index contributed by atoms with van der Waals surface area (Å²) in [5, 5.41) is 7.78. The van der Waals surface area contributed by atoms with E-state index in [4.69, 9.17) is 9.73 Å². The van der Waals surface area contributed by atoms with Crippen molar-refractivity contribution < 1.29 is 13.2 Å². The Morgan fingerprint density at radius 3 is 2.37 bits per heavy atom. The van der Waals surface area contributed by atoms with Gasteiger partial charge in [-0.15, -0.1) is 24.0 Å². The molecule has 2 heterocycles. The lowest BCUT2D eigenvalue weighted by molar-refractivity contribution is 0.0904. The zero-order chi connectivity index (χ0) is 21.6. The van der Waals surface area contributed by atoms with Crippen molar-refractivity contribution in [3.8, 4) is 0 Å². The van der Waals surface area contributed by atoms with Gasteiger partial charge in [0, 0.05) is 51.0 Å². The van der Waals surface area contributed by atoms with E-state index >= 15 is 0 Å². The number of hydrogen-bond donors (Lipinski definition) is 1. The van der Waals surface area contributed by atoms with E-state index in [2.05, 4.69) is 15.3 Å². The Morgan fingerprint density at radius 1 is 1.23 bits per heavy atom. The summed E-state index contributed by atoms with van der Waals surface area (Å²) in [4.78, 5) is 6.91. The fourth-order valence-electron chi connectivity index (χ4n) is 3.32. The van der Waals surface area contributed by atoms with E-state index in [0.29, 0.717) is 32.7 Å². The Hall–Kier alpha value is -0.920. The van der Waals surface area contributed by atoms with Crippen LogP contribution >= 0.6 is 24.0 Å². The highest BCUT2D eigenvalue weighted by molar-refractivity contribution is 14.0. The van der Waals surface area contributed by atoms with Gasteiger partial charge in [-0.25, -0.2) is 13.4 Å². The summed E-state index contributed by atoms with van der Waals surface area (Å²) < 4.78 is 33.9. The van der Waals surface area contributed by atoms with Gasteiger partial charge in [0.1, 0.15) is 0 Å². The summed E-state index contributed by atoms with van der Waals surface area (Å²) in [7, 11) is -1.36. The smallest absolute Gasteiger partial charge is 0.216 e. The van der Waals surface area contributed by atoms with Crippen molar-refractivity contribution in [1.82, 2.24) is 24.3 Å². The average Bonchev–Trinajstić information content (AvgIpc) is 2.90. The molecule has 2 rings (SSSR count). The molecule has 1 aliphatic rings. The first-order valence-electron chi connectivity index (χ1n) is 10.3. The molecule has 0 unspecified atom stereocenters. The molecule has 0 aromatic carbocycles. The summed E-state index contributed by atoms with van der Waals surface area (Å²) in [6.07, 6.45) is 0.0352. The van der Waals surface area contributed by atoms with Crippen molar-refractivity contribution in [1.29, 1.82) is 0 Å². The third-order valence-corrected chi connectivity index (χ3v) is 6.94. The number of sulfonamides is 1. The molecule has 0 amide bonds. The lowest BCUT2D eigenvalue weighted by Crippen LogP contribution is -2.54. The van der Waals surface area contributed by atoms with E-state index in [9.17, 15) is 8.42 Å². The molecule has 1 aromatic heterocycles. The van der Waals surface area contributed by atoms with Crippen LogP contribution in [-0.4, -0.2) is 84.6 Å². The minimum absolute atomic E-state index is 0. The molecule has 11 heteroatoms. The van der Waals surface area contributed by atoms with Crippen LogP contribution in [0.3, 0.4) is 0 Å². The van der Waals surface area contributed by atoms with E-state index in [1.165, 1.54) is 0 Å². The minimum atomic E-state index is -3.29. The topological polar surface area (TPSA) is 92.1 Å². The van der Waals surface area contributed by atoms with Crippen LogP contribution in [0.5, 0.6) is 0 Å². The second kappa shape index (κ2) is 12.2. The Morgan fingerprint density at radius 2 is 1.87 bits per heavy atom. The van der Waals surface area contributed by atoms with Gasteiger partial charge in [-0.05, 0) is 34.6 Å². The van der Waals surface area contributed by atoms with Gasteiger partial charge in [-0.3, -0.25) is 4.68 Å². The van der Waals surface area contributed by atoms with Crippen molar-refractivity contribution in [3.05, 3.63) is 17.0 Å². The summed E-state index contributed by atoms with van der Waals surface area (Å²) in [6, 6.07) is 0. The Bertz CT molecular complexity index is 801. The van der Waals surface area contributed by atoms with Crippen molar-refractivity contribution in [2.24, 2.45) is 12.0 Å². The number of piperazine rings is 1. The van der Waals surface area contributed by atoms with Gasteiger partial charge in [-0.2, -0.15) is 9.40 Å². The summed E-state index contributed by atoms with van der Waals surface area (Å²) in [5.41, 5.74) is 3.24. The van der Waals surface area contributed by atoms with Gasteiger partial charge in [0.15, 0.2) is 5.96 Å². The van der Waals surface area contributed by atoms with Crippen LogP contribution in [0, 0.1) is 13.8 Å². The number of hydrogen-bond acceptors (Lipinski definition) is 5. The zero-order valence-electron chi connectivity index (χ0n) is 19.0. The maximum atomic E-state index is 12.5. The van der Waals surface area contributed by atoms with E-state index in [0.717, 1.165) is 29.5 Å². The highest BCUT2D eigenvalue weighted by atomic mass is 127. The van der Waals surface area contributed by atoms with Gasteiger partial charge < -0.3 is 15.0 Å². The first kappa shape index (κ1) is 27.1. The number of nitrogens with zero attached hydrogens (tertiary/aromatic N) is 5. The molecule has 174 valence electrons. The van der Waals surface area contributed by atoms with Crippen molar-refractivity contribution in [2.45, 2.75) is 47.3 Å². The maximum absolute atomic E-state index is 12.5.